The average molecular weight is 435 g/mol. The second-order valence-corrected chi connectivity index (χ2v) is 9.80. The van der Waals surface area contributed by atoms with Gasteiger partial charge in [-0.2, -0.15) is 4.31 Å². The molecule has 0 spiro atoms. The van der Waals surface area contributed by atoms with Gasteiger partial charge in [-0.3, -0.25) is 4.79 Å². The molecule has 1 heterocycles. The Balaban J connectivity index is 1.91. The molecule has 0 aromatic heterocycles. The van der Waals surface area contributed by atoms with Crippen LogP contribution in [0.5, 0.6) is 0 Å². The third kappa shape index (κ3) is 4.55. The summed E-state index contributed by atoms with van der Waals surface area (Å²) in [6.45, 7) is 4.49. The molecule has 6 nitrogen and oxygen atoms in total. The predicted molar refractivity (Wildman–Crippen MR) is 112 cm³/mol. The van der Waals surface area contributed by atoms with E-state index in [2.05, 4.69) is 5.32 Å². The molecule has 1 saturated heterocycles. The number of carbonyl (C=O) groups excluding carboxylic acids is 1. The molecule has 2 aromatic rings. The highest BCUT2D eigenvalue weighted by Gasteiger charge is 2.36. The van der Waals surface area contributed by atoms with Crippen molar-refractivity contribution in [2.75, 3.05) is 20.3 Å². The Labute approximate surface area is 177 Å². The number of carbonyl (C=O) groups is 1. The second kappa shape index (κ2) is 8.83. The quantitative estimate of drug-likeness (QED) is 0.757. The molecule has 162 valence electrons. The highest BCUT2D eigenvalue weighted by atomic mass is 32.2. The first-order valence-electron chi connectivity index (χ1n) is 9.90. The SMILES string of the molecule is CC(C)N(C)S(=O)(=O)c1cccc(C(=O)NC2(c3ccc(F)cc3)CCOCC2)c1. The van der Waals surface area contributed by atoms with E-state index >= 15 is 0 Å². The molecule has 0 aliphatic carbocycles. The highest BCUT2D eigenvalue weighted by Crippen LogP contribution is 2.33. The van der Waals surface area contributed by atoms with Gasteiger partial charge in [-0.05, 0) is 62.6 Å². The minimum atomic E-state index is -3.71. The number of nitrogens with one attached hydrogen (secondary N) is 1. The van der Waals surface area contributed by atoms with E-state index in [0.29, 0.717) is 26.1 Å². The van der Waals surface area contributed by atoms with Gasteiger partial charge >= 0.3 is 0 Å². The Morgan fingerprint density at radius 1 is 1.13 bits per heavy atom. The summed E-state index contributed by atoms with van der Waals surface area (Å²) in [6, 6.07) is 11.9. The van der Waals surface area contributed by atoms with Gasteiger partial charge in [0, 0.05) is 31.9 Å². The first kappa shape index (κ1) is 22.4. The largest absolute Gasteiger partial charge is 0.381 e. The van der Waals surface area contributed by atoms with E-state index in [9.17, 15) is 17.6 Å². The Hall–Kier alpha value is -2.29. The number of hydrogen-bond acceptors (Lipinski definition) is 4. The molecule has 8 heteroatoms. The molecule has 0 radical (unpaired) electrons. The Kier molecular flexibility index (Phi) is 6.59. The fourth-order valence-electron chi connectivity index (χ4n) is 3.51. The van der Waals surface area contributed by atoms with Gasteiger partial charge in [0.05, 0.1) is 10.4 Å². The number of sulfonamides is 1. The van der Waals surface area contributed by atoms with Crippen LogP contribution in [-0.2, 0) is 20.3 Å². The Morgan fingerprint density at radius 2 is 1.77 bits per heavy atom. The zero-order valence-electron chi connectivity index (χ0n) is 17.4. The minimum absolute atomic E-state index is 0.0640. The molecule has 2 aromatic carbocycles. The lowest BCUT2D eigenvalue weighted by Gasteiger charge is -2.38. The van der Waals surface area contributed by atoms with Crippen LogP contribution in [0.15, 0.2) is 53.4 Å². The zero-order valence-corrected chi connectivity index (χ0v) is 18.2. The van der Waals surface area contributed by atoms with Crippen molar-refractivity contribution < 1.29 is 22.3 Å². The molecule has 1 fully saturated rings. The number of benzene rings is 2. The van der Waals surface area contributed by atoms with Gasteiger partial charge in [-0.1, -0.05) is 18.2 Å². The minimum Gasteiger partial charge on any atom is -0.381 e. The normalized spacial score (nSPS) is 16.6. The van der Waals surface area contributed by atoms with Gasteiger partial charge in [-0.25, -0.2) is 12.8 Å². The van der Waals surface area contributed by atoms with Crippen LogP contribution in [0.2, 0.25) is 0 Å². The molecular formula is C22H27FN2O4S. The second-order valence-electron chi connectivity index (χ2n) is 7.80. The summed E-state index contributed by atoms with van der Waals surface area (Å²) < 4.78 is 45.7. The first-order valence-corrected chi connectivity index (χ1v) is 11.3. The standard InChI is InChI=1S/C22H27FN2O4S/c1-16(2)25(3)30(27,28)20-6-4-5-17(15-20)21(26)24-22(11-13-29-14-12-22)18-7-9-19(23)10-8-18/h4-10,15-16H,11-14H2,1-3H3,(H,24,26). The lowest BCUT2D eigenvalue weighted by molar-refractivity contribution is 0.0345. The number of nitrogens with zero attached hydrogens (tertiary/aromatic N) is 1. The monoisotopic (exact) mass is 434 g/mol. The van der Waals surface area contributed by atoms with E-state index < -0.39 is 15.6 Å². The lowest BCUT2D eigenvalue weighted by Crippen LogP contribution is -2.49. The van der Waals surface area contributed by atoms with Gasteiger partial charge in [0.15, 0.2) is 0 Å². The van der Waals surface area contributed by atoms with Crippen LogP contribution < -0.4 is 5.32 Å². The van der Waals surface area contributed by atoms with Crippen LogP contribution in [0.25, 0.3) is 0 Å². The van der Waals surface area contributed by atoms with E-state index in [1.54, 1.807) is 38.1 Å². The number of rotatable bonds is 6. The van der Waals surface area contributed by atoms with E-state index in [1.807, 2.05) is 0 Å². The fourth-order valence-corrected chi connectivity index (χ4v) is 4.92. The number of ether oxygens (including phenoxy) is 1. The van der Waals surface area contributed by atoms with Crippen molar-refractivity contribution in [2.24, 2.45) is 0 Å². The summed E-state index contributed by atoms with van der Waals surface area (Å²) in [7, 11) is -2.20. The topological polar surface area (TPSA) is 75.7 Å². The molecule has 0 unspecified atom stereocenters. The van der Waals surface area contributed by atoms with Crippen LogP contribution in [0.1, 0.15) is 42.6 Å². The fraction of sp³-hybridized carbons (Fsp3) is 0.409. The van der Waals surface area contributed by atoms with Crippen molar-refractivity contribution in [3.63, 3.8) is 0 Å². The molecule has 1 aliphatic heterocycles. The molecular weight excluding hydrogens is 407 g/mol. The Bertz CT molecular complexity index is 1000. The van der Waals surface area contributed by atoms with Crippen LogP contribution >= 0.6 is 0 Å². The smallest absolute Gasteiger partial charge is 0.252 e. The van der Waals surface area contributed by atoms with Gasteiger partial charge in [0.2, 0.25) is 10.0 Å². The van der Waals surface area contributed by atoms with Crippen molar-refractivity contribution >= 4 is 15.9 Å². The predicted octanol–water partition coefficient (Wildman–Crippen LogP) is 3.29. The number of halogens is 1. The molecule has 0 bridgehead atoms. The lowest BCUT2D eigenvalue weighted by atomic mass is 9.82. The number of amides is 1. The molecule has 0 saturated carbocycles. The van der Waals surface area contributed by atoms with Gasteiger partial charge < -0.3 is 10.1 Å². The van der Waals surface area contributed by atoms with Crippen molar-refractivity contribution in [1.82, 2.24) is 9.62 Å². The van der Waals surface area contributed by atoms with E-state index in [-0.39, 0.29) is 28.2 Å². The third-order valence-electron chi connectivity index (χ3n) is 5.60. The maximum absolute atomic E-state index is 13.4. The van der Waals surface area contributed by atoms with Crippen molar-refractivity contribution in [2.45, 2.75) is 43.2 Å². The molecule has 1 N–H and O–H groups in total. The third-order valence-corrected chi connectivity index (χ3v) is 7.63. The zero-order chi connectivity index (χ0) is 21.9. The Morgan fingerprint density at radius 3 is 2.37 bits per heavy atom. The van der Waals surface area contributed by atoms with Gasteiger partial charge in [0.1, 0.15) is 5.82 Å². The molecule has 30 heavy (non-hydrogen) atoms. The van der Waals surface area contributed by atoms with Gasteiger partial charge in [0.25, 0.3) is 5.91 Å². The van der Waals surface area contributed by atoms with Crippen molar-refractivity contribution in [1.29, 1.82) is 0 Å². The van der Waals surface area contributed by atoms with Crippen molar-refractivity contribution in [3.8, 4) is 0 Å². The van der Waals surface area contributed by atoms with E-state index in [4.69, 9.17) is 4.74 Å². The maximum atomic E-state index is 13.4. The summed E-state index contributed by atoms with van der Waals surface area (Å²) in [5.41, 5.74) is 0.345. The van der Waals surface area contributed by atoms with Crippen LogP contribution in [-0.4, -0.2) is 44.9 Å². The van der Waals surface area contributed by atoms with Crippen LogP contribution in [0.3, 0.4) is 0 Å². The number of hydrogen-bond donors (Lipinski definition) is 1. The summed E-state index contributed by atoms with van der Waals surface area (Å²) in [4.78, 5) is 13.2. The van der Waals surface area contributed by atoms with E-state index in [1.165, 1.54) is 35.6 Å². The molecule has 1 amide bonds. The summed E-state index contributed by atoms with van der Waals surface area (Å²) in [5.74, 6) is -0.732. The summed E-state index contributed by atoms with van der Waals surface area (Å²) in [5, 5.41) is 3.07. The summed E-state index contributed by atoms with van der Waals surface area (Å²) >= 11 is 0. The van der Waals surface area contributed by atoms with Crippen LogP contribution in [0, 0.1) is 5.82 Å². The van der Waals surface area contributed by atoms with E-state index in [0.717, 1.165) is 5.56 Å². The average Bonchev–Trinajstić information content (AvgIpc) is 2.74. The highest BCUT2D eigenvalue weighted by molar-refractivity contribution is 7.89. The molecule has 0 atom stereocenters. The summed E-state index contributed by atoms with van der Waals surface area (Å²) in [6.07, 6.45) is 1.08. The maximum Gasteiger partial charge on any atom is 0.252 e. The van der Waals surface area contributed by atoms with Crippen LogP contribution in [0.4, 0.5) is 4.39 Å². The van der Waals surface area contributed by atoms with Gasteiger partial charge in [-0.15, -0.1) is 0 Å². The molecule has 3 rings (SSSR count). The van der Waals surface area contributed by atoms with Crippen molar-refractivity contribution in [3.05, 3.63) is 65.5 Å². The first-order chi connectivity index (χ1) is 14.2. The molecule has 1 aliphatic rings.